The van der Waals surface area contributed by atoms with Gasteiger partial charge in [0, 0.05) is 6.42 Å². The first-order valence-electron chi connectivity index (χ1n) is 25.0. The van der Waals surface area contributed by atoms with Crippen LogP contribution in [0.2, 0.25) is 0 Å². The van der Waals surface area contributed by atoms with Crippen molar-refractivity contribution in [2.24, 2.45) is 0 Å². The largest absolute Gasteiger partial charge is 0.545 e. The van der Waals surface area contributed by atoms with Crippen LogP contribution in [-0.4, -0.2) is 82.3 Å². The van der Waals surface area contributed by atoms with Crippen LogP contribution in [0.3, 0.4) is 0 Å². The van der Waals surface area contributed by atoms with Gasteiger partial charge in [0.15, 0.2) is 12.4 Å². The number of esters is 2. The topological polar surface area (TPSA) is 111 Å². The molecule has 0 heterocycles. The van der Waals surface area contributed by atoms with E-state index in [1.165, 1.54) is 57.8 Å². The van der Waals surface area contributed by atoms with Crippen molar-refractivity contribution in [1.82, 2.24) is 0 Å². The number of hydrogen-bond acceptors (Lipinski definition) is 8. The van der Waals surface area contributed by atoms with Gasteiger partial charge in [-0.2, -0.15) is 0 Å². The molecule has 0 saturated heterocycles. The third kappa shape index (κ3) is 47.7. The van der Waals surface area contributed by atoms with Gasteiger partial charge >= 0.3 is 11.9 Å². The van der Waals surface area contributed by atoms with E-state index in [0.29, 0.717) is 17.4 Å². The van der Waals surface area contributed by atoms with Crippen LogP contribution in [0, 0.1) is 0 Å². The van der Waals surface area contributed by atoms with E-state index in [1.54, 1.807) is 6.08 Å². The number of rotatable bonds is 44. The van der Waals surface area contributed by atoms with Crippen molar-refractivity contribution >= 4 is 17.9 Å². The van der Waals surface area contributed by atoms with Crippen LogP contribution >= 0.6 is 0 Å². The predicted octanol–water partition coefficient (Wildman–Crippen LogP) is 12.7. The Morgan fingerprint density at radius 3 is 1.31 bits per heavy atom. The lowest BCUT2D eigenvalue weighted by Gasteiger charge is -2.26. The molecule has 9 heteroatoms. The highest BCUT2D eigenvalue weighted by Gasteiger charge is 2.21. The molecule has 0 fully saturated rings. The van der Waals surface area contributed by atoms with Gasteiger partial charge in [-0.05, 0) is 77.0 Å². The minimum Gasteiger partial charge on any atom is -0.545 e. The zero-order valence-electron chi connectivity index (χ0n) is 41.6. The lowest BCUT2D eigenvalue weighted by Crippen LogP contribution is -2.44. The average molecular weight is 906 g/mol. The number of carboxylic acids is 1. The second-order valence-corrected chi connectivity index (χ2v) is 17.4. The van der Waals surface area contributed by atoms with Crippen molar-refractivity contribution in [1.29, 1.82) is 0 Å². The molecule has 0 aromatic heterocycles. The van der Waals surface area contributed by atoms with Crippen molar-refractivity contribution < 1.29 is 42.9 Å². The SMILES string of the molecule is CC/C=C\C/C=C\C/C=C\C/C=C\C/C=C\CC(=O)OC(COC(=O)CCCCCCCCCCCCCC/C=C\C/C=C\C/C=C\C/C=C\CC)COC(OCC[N+](C)(C)C)C(=O)[O-]. The van der Waals surface area contributed by atoms with E-state index in [1.807, 2.05) is 33.3 Å². The number of unbranched alkanes of at least 4 members (excludes halogenated alkanes) is 12. The van der Waals surface area contributed by atoms with Crippen LogP contribution < -0.4 is 5.11 Å². The molecular weight excluding hydrogens is 815 g/mol. The maximum atomic E-state index is 12.7. The van der Waals surface area contributed by atoms with Gasteiger partial charge in [-0.25, -0.2) is 0 Å². The van der Waals surface area contributed by atoms with Crippen molar-refractivity contribution in [3.63, 3.8) is 0 Å². The zero-order chi connectivity index (χ0) is 47.7. The summed E-state index contributed by atoms with van der Waals surface area (Å²) < 4.78 is 22.4. The highest BCUT2D eigenvalue weighted by atomic mass is 16.7. The second-order valence-electron chi connectivity index (χ2n) is 17.4. The molecule has 0 bridgehead atoms. The molecule has 0 saturated carbocycles. The summed E-state index contributed by atoms with van der Waals surface area (Å²) in [7, 11) is 5.87. The molecule has 2 unspecified atom stereocenters. The summed E-state index contributed by atoms with van der Waals surface area (Å²) in [6, 6.07) is 0. The van der Waals surface area contributed by atoms with E-state index in [-0.39, 0.29) is 32.7 Å². The Kier molecular flexibility index (Phi) is 43.6. The fraction of sp³-hybridized carbons (Fsp3) is 0.625. The summed E-state index contributed by atoms with van der Waals surface area (Å²) in [5.41, 5.74) is 0. The number of hydrogen-bond donors (Lipinski definition) is 0. The van der Waals surface area contributed by atoms with Crippen LogP contribution in [0.25, 0.3) is 0 Å². The molecule has 2 atom stereocenters. The molecule has 0 aromatic rings. The van der Waals surface area contributed by atoms with Gasteiger partial charge in [-0.15, -0.1) is 0 Å². The molecule has 0 aliphatic heterocycles. The molecule has 0 rings (SSSR count). The van der Waals surface area contributed by atoms with Gasteiger partial charge in [-0.3, -0.25) is 9.59 Å². The number of carbonyl (C=O) groups excluding carboxylic acids is 3. The van der Waals surface area contributed by atoms with Gasteiger partial charge in [0.2, 0.25) is 0 Å². The van der Waals surface area contributed by atoms with Crippen LogP contribution in [0.15, 0.2) is 109 Å². The van der Waals surface area contributed by atoms with Gasteiger partial charge in [0.25, 0.3) is 0 Å². The first kappa shape index (κ1) is 60.9. The maximum absolute atomic E-state index is 12.7. The number of carbonyl (C=O) groups is 3. The Bertz CT molecular complexity index is 1430. The lowest BCUT2D eigenvalue weighted by atomic mass is 10.0. The van der Waals surface area contributed by atoms with Crippen LogP contribution in [-0.2, 0) is 33.3 Å². The minimum absolute atomic E-state index is 0.00957. The first-order valence-corrected chi connectivity index (χ1v) is 25.0. The number of carboxylic acid groups (broad SMARTS) is 1. The summed E-state index contributed by atoms with van der Waals surface area (Å²) in [5.74, 6) is -2.47. The summed E-state index contributed by atoms with van der Waals surface area (Å²) in [6.07, 6.45) is 60.2. The predicted molar refractivity (Wildman–Crippen MR) is 269 cm³/mol. The standard InChI is InChI=1S/C56H91NO8/c1-6-8-10-12-14-16-18-20-22-23-24-25-26-27-28-29-30-31-33-34-36-38-40-42-44-46-53(58)63-50-52(51-64-56(55(60)61)62-49-48-57(3,4)5)65-54(59)47-45-43-41-39-37-35-32-21-19-17-15-13-11-9-7-2/h8-11,14-17,20-22,24-25,32,37,39,43,45,52,56H,6-7,12-13,18-19,23,26-31,33-36,38,40-42,44,46-51H2,1-5H3/b10-8-,11-9-,16-14-,17-15-,22-20-,25-24-,32-21-,39-37-,45-43-. The molecule has 0 amide bonds. The second kappa shape index (κ2) is 46.5. The summed E-state index contributed by atoms with van der Waals surface area (Å²) in [5, 5.41) is 11.7. The van der Waals surface area contributed by atoms with Crippen LogP contribution in [0.4, 0.5) is 0 Å². The molecule has 0 N–H and O–H groups in total. The maximum Gasteiger partial charge on any atom is 0.310 e. The van der Waals surface area contributed by atoms with E-state index >= 15 is 0 Å². The summed E-state index contributed by atoms with van der Waals surface area (Å²) in [6.45, 7) is 4.38. The number of quaternary nitrogens is 1. The molecule has 65 heavy (non-hydrogen) atoms. The molecule has 9 nitrogen and oxygen atoms in total. The zero-order valence-corrected chi connectivity index (χ0v) is 41.6. The summed E-state index contributed by atoms with van der Waals surface area (Å²) >= 11 is 0. The molecule has 0 radical (unpaired) electrons. The monoisotopic (exact) mass is 906 g/mol. The number of likely N-dealkylation sites (N-methyl/N-ethyl adjacent to an activating group) is 1. The Morgan fingerprint density at radius 1 is 0.477 bits per heavy atom. The number of aliphatic carboxylic acids is 1. The molecule has 368 valence electrons. The average Bonchev–Trinajstić information content (AvgIpc) is 3.27. The van der Waals surface area contributed by atoms with E-state index in [4.69, 9.17) is 18.9 Å². The molecule has 0 spiro atoms. The van der Waals surface area contributed by atoms with Gasteiger partial charge < -0.3 is 33.3 Å². The normalized spacial score (nSPS) is 13.8. The van der Waals surface area contributed by atoms with E-state index in [0.717, 1.165) is 77.0 Å². The highest BCUT2D eigenvalue weighted by molar-refractivity contribution is 5.71. The lowest BCUT2D eigenvalue weighted by molar-refractivity contribution is -0.870. The molecule has 0 aliphatic carbocycles. The number of ether oxygens (including phenoxy) is 4. The van der Waals surface area contributed by atoms with E-state index in [2.05, 4.69) is 105 Å². The summed E-state index contributed by atoms with van der Waals surface area (Å²) in [4.78, 5) is 37.0. The quantitative estimate of drug-likeness (QED) is 0.0195. The van der Waals surface area contributed by atoms with Crippen LogP contribution in [0.5, 0.6) is 0 Å². The first-order chi connectivity index (χ1) is 31.6. The molecule has 0 aliphatic rings. The number of nitrogens with zero attached hydrogens (tertiary/aromatic N) is 1. The fourth-order valence-corrected chi connectivity index (χ4v) is 6.25. The van der Waals surface area contributed by atoms with Crippen molar-refractivity contribution in [2.45, 2.75) is 180 Å². The molecule has 0 aromatic carbocycles. The Balaban J connectivity index is 4.39. The van der Waals surface area contributed by atoms with Gasteiger partial charge in [-0.1, -0.05) is 187 Å². The van der Waals surface area contributed by atoms with E-state index in [9.17, 15) is 19.5 Å². The third-order valence-corrected chi connectivity index (χ3v) is 10.0. The third-order valence-electron chi connectivity index (χ3n) is 10.0. The Morgan fingerprint density at radius 2 is 0.877 bits per heavy atom. The molecular formula is C56H91NO8. The Labute approximate surface area is 396 Å². The van der Waals surface area contributed by atoms with Crippen LogP contribution in [0.1, 0.15) is 168 Å². The number of allylic oxidation sites excluding steroid dienone is 17. The Hall–Kier alpha value is -4.05. The smallest absolute Gasteiger partial charge is 0.310 e. The minimum atomic E-state index is -1.65. The fourth-order valence-electron chi connectivity index (χ4n) is 6.25. The van der Waals surface area contributed by atoms with Crippen molar-refractivity contribution in [3.8, 4) is 0 Å². The van der Waals surface area contributed by atoms with Crippen molar-refractivity contribution in [3.05, 3.63) is 109 Å². The van der Waals surface area contributed by atoms with Crippen molar-refractivity contribution in [2.75, 3.05) is 47.5 Å². The highest BCUT2D eigenvalue weighted by Crippen LogP contribution is 2.14. The van der Waals surface area contributed by atoms with Gasteiger partial charge in [0.05, 0.1) is 46.7 Å². The van der Waals surface area contributed by atoms with E-state index < -0.39 is 30.3 Å². The van der Waals surface area contributed by atoms with Gasteiger partial charge in [0.1, 0.15) is 13.2 Å².